The number of likely N-dealkylation sites (tertiary alicyclic amines) is 1. The van der Waals surface area contributed by atoms with Crippen LogP contribution in [0.3, 0.4) is 0 Å². The van der Waals surface area contributed by atoms with Crippen LogP contribution in [-0.4, -0.2) is 141 Å². The van der Waals surface area contributed by atoms with Crippen molar-refractivity contribution >= 4 is 29.3 Å². The molecule has 1 aliphatic heterocycles. The Morgan fingerprint density at radius 1 is 1.00 bits per heavy atom. The predicted octanol–water partition coefficient (Wildman–Crippen LogP) is 3.22. The zero-order valence-corrected chi connectivity index (χ0v) is 32.6. The number of nitrogens with one attached hydrogen (secondary N) is 1. The summed E-state index contributed by atoms with van der Waals surface area (Å²) < 4.78 is 11.9. The van der Waals surface area contributed by atoms with Crippen LogP contribution in [0.5, 0.6) is 0 Å². The molecule has 51 heavy (non-hydrogen) atoms. The molecule has 1 aromatic rings. The molecule has 14 heteroatoms. The molecule has 2 rings (SSSR count). The number of carbonyl (C=O) groups excluding carboxylic acids is 4. The van der Waals surface area contributed by atoms with E-state index in [1.54, 1.807) is 74.1 Å². The maximum Gasteiger partial charge on any atom is 0.269 e. The van der Waals surface area contributed by atoms with Gasteiger partial charge in [-0.2, -0.15) is 0 Å². The third kappa shape index (κ3) is 12.0. The minimum atomic E-state index is -0.737. The number of methoxy groups -OCH3 is 2. The average Bonchev–Trinajstić information content (AvgIpc) is 3.57. The van der Waals surface area contributed by atoms with Crippen molar-refractivity contribution in [2.45, 2.75) is 97.1 Å². The number of likely N-dealkylation sites (N-methyl/N-ethyl adjacent to an activating group) is 3. The van der Waals surface area contributed by atoms with Crippen molar-refractivity contribution in [3.8, 4) is 0 Å². The highest BCUT2D eigenvalue weighted by molar-refractivity contribution is 5.88. The first-order valence-corrected chi connectivity index (χ1v) is 18.0. The van der Waals surface area contributed by atoms with Gasteiger partial charge in [0.2, 0.25) is 23.6 Å². The molecule has 0 aromatic heterocycles. The number of rotatable bonds is 20. The van der Waals surface area contributed by atoms with Crippen molar-refractivity contribution in [3.05, 3.63) is 39.9 Å². The molecule has 0 unspecified atom stereocenters. The van der Waals surface area contributed by atoms with Gasteiger partial charge in [0.15, 0.2) is 0 Å². The van der Waals surface area contributed by atoms with Gasteiger partial charge in [-0.25, -0.2) is 0 Å². The number of carbonyl (C=O) groups is 4. The molecular formula is C37H62N6O8. The lowest BCUT2D eigenvalue weighted by atomic mass is 9.89. The molecular weight excluding hydrogens is 656 g/mol. The number of hydrogen-bond acceptors (Lipinski definition) is 9. The molecule has 14 nitrogen and oxygen atoms in total. The topological polar surface area (TPSA) is 155 Å². The molecule has 1 heterocycles. The normalized spacial score (nSPS) is 18.1. The van der Waals surface area contributed by atoms with Gasteiger partial charge in [-0.3, -0.25) is 29.3 Å². The third-order valence-electron chi connectivity index (χ3n) is 10.2. The number of hydrogen-bond donors (Lipinski definition) is 1. The van der Waals surface area contributed by atoms with Crippen LogP contribution in [-0.2, 0) is 35.1 Å². The van der Waals surface area contributed by atoms with E-state index in [0.717, 1.165) is 18.4 Å². The van der Waals surface area contributed by atoms with Gasteiger partial charge in [-0.15, -0.1) is 0 Å². The zero-order valence-electron chi connectivity index (χ0n) is 32.6. The number of nitro groups is 1. The molecule has 1 aromatic carbocycles. The van der Waals surface area contributed by atoms with E-state index in [-0.39, 0.29) is 60.2 Å². The summed E-state index contributed by atoms with van der Waals surface area (Å²) in [5.41, 5.74) is 0.900. The molecule has 0 spiro atoms. The molecule has 4 amide bonds. The van der Waals surface area contributed by atoms with E-state index in [1.807, 2.05) is 34.6 Å². The second-order valence-corrected chi connectivity index (χ2v) is 14.5. The molecule has 0 radical (unpaired) electrons. The Kier molecular flexibility index (Phi) is 17.4. The molecule has 7 atom stereocenters. The molecule has 0 bridgehead atoms. The van der Waals surface area contributed by atoms with Crippen LogP contribution in [0.15, 0.2) is 24.3 Å². The summed E-state index contributed by atoms with van der Waals surface area (Å²) in [6.07, 6.45) is 1.60. The van der Waals surface area contributed by atoms with E-state index < -0.39 is 35.1 Å². The van der Waals surface area contributed by atoms with Crippen LogP contribution < -0.4 is 5.32 Å². The summed E-state index contributed by atoms with van der Waals surface area (Å²) >= 11 is 0. The van der Waals surface area contributed by atoms with Gasteiger partial charge in [0.25, 0.3) is 5.69 Å². The summed E-state index contributed by atoms with van der Waals surface area (Å²) in [5, 5.41) is 13.9. The predicted molar refractivity (Wildman–Crippen MR) is 196 cm³/mol. The first-order valence-electron chi connectivity index (χ1n) is 18.0. The average molecular weight is 719 g/mol. The van der Waals surface area contributed by atoms with E-state index in [0.29, 0.717) is 25.9 Å². The van der Waals surface area contributed by atoms with Crippen molar-refractivity contribution < 1.29 is 33.6 Å². The highest BCUT2D eigenvalue weighted by Crippen LogP contribution is 2.30. The molecule has 1 N–H and O–H groups in total. The summed E-state index contributed by atoms with van der Waals surface area (Å²) in [7, 11) is 10.1. The molecule has 288 valence electrons. The van der Waals surface area contributed by atoms with Gasteiger partial charge in [0.05, 0.1) is 48.1 Å². The Hall–Kier alpha value is -3.62. The number of benzene rings is 1. The van der Waals surface area contributed by atoms with Crippen molar-refractivity contribution in [2.75, 3.05) is 62.0 Å². The number of amides is 4. The molecule has 0 aliphatic carbocycles. The number of nitro benzene ring substituents is 1. The molecule has 1 aliphatic rings. The van der Waals surface area contributed by atoms with Gasteiger partial charge < -0.3 is 34.4 Å². The summed E-state index contributed by atoms with van der Waals surface area (Å²) in [4.78, 5) is 71.6. The maximum absolute atomic E-state index is 14.1. The van der Waals surface area contributed by atoms with Crippen LogP contribution in [0, 0.1) is 27.9 Å². The van der Waals surface area contributed by atoms with Gasteiger partial charge in [-0.1, -0.05) is 53.2 Å². The molecule has 1 fully saturated rings. The first kappa shape index (κ1) is 43.5. The van der Waals surface area contributed by atoms with Crippen molar-refractivity contribution in [2.24, 2.45) is 17.8 Å². The zero-order chi connectivity index (χ0) is 38.6. The van der Waals surface area contributed by atoms with Crippen molar-refractivity contribution in [1.29, 1.82) is 0 Å². The first-order chi connectivity index (χ1) is 24.0. The van der Waals surface area contributed by atoms with Crippen LogP contribution in [0.2, 0.25) is 0 Å². The van der Waals surface area contributed by atoms with E-state index in [4.69, 9.17) is 9.47 Å². The van der Waals surface area contributed by atoms with E-state index >= 15 is 0 Å². The quantitative estimate of drug-likeness (QED) is 0.158. The maximum atomic E-state index is 14.1. The summed E-state index contributed by atoms with van der Waals surface area (Å²) in [6.45, 7) is 10.8. The second-order valence-electron chi connectivity index (χ2n) is 14.5. The Morgan fingerprint density at radius 3 is 2.14 bits per heavy atom. The molecule has 0 saturated carbocycles. The van der Waals surface area contributed by atoms with Crippen LogP contribution in [0.1, 0.15) is 65.9 Å². The smallest absolute Gasteiger partial charge is 0.269 e. The van der Waals surface area contributed by atoms with Crippen LogP contribution in [0.4, 0.5) is 5.69 Å². The minimum Gasteiger partial charge on any atom is -0.379 e. The number of ether oxygens (including phenoxy) is 2. The summed E-state index contributed by atoms with van der Waals surface area (Å²) in [6, 6.07) is 4.81. The number of nitrogens with zero attached hydrogens (tertiary/aromatic N) is 5. The van der Waals surface area contributed by atoms with Crippen molar-refractivity contribution in [1.82, 2.24) is 24.9 Å². The fraction of sp³-hybridized carbons (Fsp3) is 0.730. The largest absolute Gasteiger partial charge is 0.379 e. The Labute approximate surface area is 304 Å². The molecule has 1 saturated heterocycles. The lowest BCUT2D eigenvalue weighted by molar-refractivity contribution is -0.384. The Balaban J connectivity index is 2.19. The van der Waals surface area contributed by atoms with E-state index in [2.05, 4.69) is 5.32 Å². The fourth-order valence-corrected chi connectivity index (χ4v) is 7.08. The van der Waals surface area contributed by atoms with Gasteiger partial charge >= 0.3 is 0 Å². The van der Waals surface area contributed by atoms with E-state index in [9.17, 15) is 29.3 Å². The highest BCUT2D eigenvalue weighted by Gasteiger charge is 2.43. The third-order valence-corrected chi connectivity index (χ3v) is 10.2. The Morgan fingerprint density at radius 2 is 1.63 bits per heavy atom. The SMILES string of the molecule is CC[C@H](C)[C@@H]([C@@H](CC(=O)N1CCC[C@H]1[C@H](OC)[C@@H](C)C(=O)N(C)CCc1ccc([N+](=O)[O-])cc1)OC)N(C)C(=O)[C@@H](NC(=O)CN(C)C)C(C)C. The minimum absolute atomic E-state index is 0.0118. The van der Waals surface area contributed by atoms with Gasteiger partial charge in [0, 0.05) is 53.5 Å². The van der Waals surface area contributed by atoms with Crippen LogP contribution >= 0.6 is 0 Å². The van der Waals surface area contributed by atoms with Gasteiger partial charge in [-0.05, 0) is 50.8 Å². The highest BCUT2D eigenvalue weighted by atomic mass is 16.6. The second kappa shape index (κ2) is 20.4. The number of non-ortho nitro benzene ring substituents is 1. The van der Waals surface area contributed by atoms with E-state index in [1.165, 1.54) is 12.1 Å². The van der Waals surface area contributed by atoms with Crippen LogP contribution in [0.25, 0.3) is 0 Å². The summed E-state index contributed by atoms with van der Waals surface area (Å²) in [5.74, 6) is -1.44. The Bertz CT molecular complexity index is 1310. The van der Waals surface area contributed by atoms with Crippen molar-refractivity contribution in [3.63, 3.8) is 0 Å². The monoisotopic (exact) mass is 718 g/mol. The lowest BCUT2D eigenvalue weighted by Crippen LogP contribution is -2.58. The fourth-order valence-electron chi connectivity index (χ4n) is 7.08. The lowest BCUT2D eigenvalue weighted by Gasteiger charge is -2.41. The van der Waals surface area contributed by atoms with Gasteiger partial charge in [0.1, 0.15) is 6.04 Å². The standard InChI is InChI=1S/C37H62N6O8/c1-12-25(4)34(41(9)37(47)33(24(2)3)38-31(44)23-39(6)7)30(50-10)22-32(45)42-20-13-14-29(42)35(51-11)26(5)36(46)40(8)21-19-27-15-17-28(18-16-27)43(48)49/h15-18,24-26,29-30,33-35H,12-14,19-23H2,1-11H3,(H,38,44)/t25-,26+,29-,30+,33-,34-,35+/m0/s1.